The molecule has 1 rings (SSSR count). The molecule has 0 aromatic heterocycles. The number of carboxylic acid groups (broad SMARTS) is 1. The minimum atomic E-state index is -3.30. The highest BCUT2D eigenvalue weighted by atomic mass is 35.9. The van der Waals surface area contributed by atoms with E-state index in [0.717, 1.165) is 0 Å². The molecule has 0 aromatic rings. The molecule has 0 aromatic carbocycles. The van der Waals surface area contributed by atoms with Crippen LogP contribution in [-0.2, 0) is 9.36 Å². The Bertz CT molecular complexity index is 522. The van der Waals surface area contributed by atoms with Crippen molar-refractivity contribution >= 4 is 62.1 Å². The van der Waals surface area contributed by atoms with Gasteiger partial charge in [0.05, 0.1) is 0 Å². The Balaban J connectivity index is 2.52. The fourth-order valence-electron chi connectivity index (χ4n) is 2.16. The van der Waals surface area contributed by atoms with Crippen LogP contribution in [0.4, 0.5) is 4.79 Å². The van der Waals surface area contributed by atoms with Crippen LogP contribution >= 0.6 is 50.1 Å². The van der Waals surface area contributed by atoms with Crippen LogP contribution in [0.5, 0.6) is 0 Å². The zero-order valence-corrected chi connectivity index (χ0v) is 18.4. The van der Waals surface area contributed by atoms with E-state index in [9.17, 15) is 14.2 Å². The summed E-state index contributed by atoms with van der Waals surface area (Å²) in [6.07, 6.45) is -0.126. The second-order valence-electron chi connectivity index (χ2n) is 6.65. The topological polar surface area (TPSA) is 98.7 Å². The number of carbonyl (C=O) groups is 2. The third-order valence-corrected chi connectivity index (χ3v) is 9.00. The average molecular weight is 452 g/mol. The summed E-state index contributed by atoms with van der Waals surface area (Å²) in [6, 6.07) is -0.954. The molecule has 0 saturated carbocycles. The molecule has 1 saturated heterocycles. The van der Waals surface area contributed by atoms with Crippen molar-refractivity contribution in [3.8, 4) is 0 Å². The smallest absolute Gasteiger partial charge is 0.405 e. The van der Waals surface area contributed by atoms with Crippen LogP contribution in [0.15, 0.2) is 0 Å². The van der Waals surface area contributed by atoms with Crippen molar-refractivity contribution in [3.05, 3.63) is 0 Å². The van der Waals surface area contributed by atoms with Gasteiger partial charge in [0.25, 0.3) is 0 Å². The molecule has 0 aliphatic carbocycles. The number of rotatable bonds is 7. The van der Waals surface area contributed by atoms with E-state index in [2.05, 4.69) is 10.6 Å². The van der Waals surface area contributed by atoms with Crippen LogP contribution in [0.3, 0.4) is 0 Å². The van der Waals surface area contributed by atoms with E-state index in [0.29, 0.717) is 31.7 Å². The number of nitrogens with one attached hydrogen (secondary N) is 2. The van der Waals surface area contributed by atoms with E-state index in [4.69, 9.17) is 27.6 Å². The van der Waals surface area contributed by atoms with Crippen LogP contribution in [-0.4, -0.2) is 57.5 Å². The molecule has 7 nitrogen and oxygen atoms in total. The highest BCUT2D eigenvalue weighted by Crippen LogP contribution is 2.60. The summed E-state index contributed by atoms with van der Waals surface area (Å²) < 4.78 is 13.1. The zero-order chi connectivity index (χ0) is 19.3. The number of hydrogen-bond acceptors (Lipinski definition) is 5. The first-order chi connectivity index (χ1) is 11.4. The van der Waals surface area contributed by atoms with E-state index >= 15 is 0 Å². The maximum atomic E-state index is 12.4. The first kappa shape index (κ1) is 23.2. The molecule has 25 heavy (non-hydrogen) atoms. The van der Waals surface area contributed by atoms with Crippen LogP contribution in [0, 0.1) is 0 Å². The Labute approximate surface area is 165 Å². The van der Waals surface area contributed by atoms with Crippen molar-refractivity contribution in [2.24, 2.45) is 0 Å². The quantitative estimate of drug-likeness (QED) is 0.397. The van der Waals surface area contributed by atoms with Gasteiger partial charge in [-0.2, -0.15) is 0 Å². The summed E-state index contributed by atoms with van der Waals surface area (Å²) in [6.45, 7) is 6.97. The summed E-state index contributed by atoms with van der Waals surface area (Å²) >= 11 is 11.3. The normalized spacial score (nSPS) is 18.6. The van der Waals surface area contributed by atoms with E-state index in [1.165, 1.54) is 15.5 Å². The highest BCUT2D eigenvalue weighted by molar-refractivity contribution is 8.77. The Morgan fingerprint density at radius 3 is 2.32 bits per heavy atom. The summed E-state index contributed by atoms with van der Waals surface area (Å²) in [7, 11) is 3.05. The SMILES string of the molecule is CC(C)(C)SSCC(NC(=O)O)C(=O)NC1CCN(P(=O)(Cl)Cl)CC1. The molecule has 1 unspecified atom stereocenters. The maximum absolute atomic E-state index is 12.4. The summed E-state index contributed by atoms with van der Waals surface area (Å²) in [5.41, 5.74) is 0. The molecule has 1 aliphatic heterocycles. The number of amides is 2. The molecule has 0 spiro atoms. The van der Waals surface area contributed by atoms with Crippen molar-refractivity contribution in [1.29, 1.82) is 0 Å². The lowest BCUT2D eigenvalue weighted by molar-refractivity contribution is -0.123. The predicted octanol–water partition coefficient (Wildman–Crippen LogP) is 3.97. The van der Waals surface area contributed by atoms with Gasteiger partial charge in [-0.1, -0.05) is 42.4 Å². The van der Waals surface area contributed by atoms with Gasteiger partial charge in [-0.05, 0) is 35.3 Å². The number of halogens is 2. The number of piperidine rings is 1. The van der Waals surface area contributed by atoms with Crippen molar-refractivity contribution in [2.75, 3.05) is 18.8 Å². The third kappa shape index (κ3) is 9.63. The maximum Gasteiger partial charge on any atom is 0.405 e. The Morgan fingerprint density at radius 2 is 1.88 bits per heavy atom. The van der Waals surface area contributed by atoms with Crippen LogP contribution in [0.25, 0.3) is 0 Å². The Kier molecular flexibility index (Phi) is 9.25. The minimum Gasteiger partial charge on any atom is -0.465 e. The minimum absolute atomic E-state index is 0.0127. The van der Waals surface area contributed by atoms with Crippen LogP contribution in [0.1, 0.15) is 33.6 Å². The van der Waals surface area contributed by atoms with E-state index in [-0.39, 0.29) is 16.7 Å². The lowest BCUT2D eigenvalue weighted by Crippen LogP contribution is -2.52. The van der Waals surface area contributed by atoms with Gasteiger partial charge in [-0.3, -0.25) is 9.36 Å². The molecule has 2 amide bonds. The number of nitrogens with zero attached hydrogens (tertiary/aromatic N) is 1. The second kappa shape index (κ2) is 9.95. The Morgan fingerprint density at radius 1 is 1.32 bits per heavy atom. The summed E-state index contributed by atoms with van der Waals surface area (Å²) in [5, 5.41) is 14.1. The number of carbonyl (C=O) groups excluding carboxylic acids is 1. The van der Waals surface area contributed by atoms with Crippen molar-refractivity contribution in [2.45, 2.75) is 50.4 Å². The molecule has 12 heteroatoms. The second-order valence-corrected chi connectivity index (χ2v) is 14.5. The van der Waals surface area contributed by atoms with Crippen LogP contribution in [0.2, 0.25) is 0 Å². The summed E-state index contributed by atoms with van der Waals surface area (Å²) in [4.78, 5) is 23.3. The molecule has 0 radical (unpaired) electrons. The fourth-order valence-corrected chi connectivity index (χ4v) is 6.22. The molecule has 3 N–H and O–H groups in total. The largest absolute Gasteiger partial charge is 0.465 e. The monoisotopic (exact) mass is 451 g/mol. The summed E-state index contributed by atoms with van der Waals surface area (Å²) in [5.74, 6) is -3.33. The van der Waals surface area contributed by atoms with E-state index in [1.54, 1.807) is 10.8 Å². The van der Waals surface area contributed by atoms with Crippen molar-refractivity contribution < 1.29 is 19.3 Å². The van der Waals surface area contributed by atoms with Gasteiger partial charge in [0, 0.05) is 29.6 Å². The molecule has 1 atom stereocenters. The average Bonchev–Trinajstić information content (AvgIpc) is 2.44. The van der Waals surface area contributed by atoms with E-state index in [1.807, 2.05) is 20.8 Å². The molecule has 1 fully saturated rings. The van der Waals surface area contributed by atoms with Gasteiger partial charge in [-0.25, -0.2) is 9.46 Å². The fraction of sp³-hybridized carbons (Fsp3) is 0.846. The van der Waals surface area contributed by atoms with Gasteiger partial charge < -0.3 is 15.7 Å². The Hall–Kier alpha value is 0.210. The van der Waals surface area contributed by atoms with E-state index < -0.39 is 18.1 Å². The molecule has 1 heterocycles. The molecular formula is C13H24Cl2N3O4PS2. The van der Waals surface area contributed by atoms with Crippen molar-refractivity contribution in [3.63, 3.8) is 0 Å². The van der Waals surface area contributed by atoms with Gasteiger partial charge in [-0.15, -0.1) is 0 Å². The lowest BCUT2D eigenvalue weighted by atomic mass is 10.1. The predicted molar refractivity (Wildman–Crippen MR) is 107 cm³/mol. The highest BCUT2D eigenvalue weighted by Gasteiger charge is 2.32. The molecule has 1 aliphatic rings. The number of hydrogen-bond donors (Lipinski definition) is 3. The van der Waals surface area contributed by atoms with Gasteiger partial charge in [0.1, 0.15) is 6.04 Å². The molecule has 0 bridgehead atoms. The van der Waals surface area contributed by atoms with Crippen LogP contribution < -0.4 is 10.6 Å². The van der Waals surface area contributed by atoms with Gasteiger partial charge in [0.2, 0.25) is 5.91 Å². The first-order valence-electron chi connectivity index (χ1n) is 7.74. The first-order valence-corrected chi connectivity index (χ1v) is 13.5. The standard InChI is InChI=1S/C13H24Cl2N3O4PS2/c1-13(2,3)25-24-8-10(17-12(20)21)11(19)16-9-4-6-18(7-5-9)23(14,15)22/h9-10,17H,4-8H2,1-3H3,(H,16,19)(H,20,21). The third-order valence-electron chi connectivity index (χ3n) is 3.30. The van der Waals surface area contributed by atoms with Crippen molar-refractivity contribution in [1.82, 2.24) is 15.3 Å². The van der Waals surface area contributed by atoms with Gasteiger partial charge in [0.15, 0.2) is 0 Å². The zero-order valence-electron chi connectivity index (χ0n) is 14.3. The molecular weight excluding hydrogens is 428 g/mol. The lowest BCUT2D eigenvalue weighted by Gasteiger charge is -2.33. The molecule has 146 valence electrons. The van der Waals surface area contributed by atoms with Gasteiger partial charge >= 0.3 is 12.1 Å².